The minimum absolute atomic E-state index is 0.126. The molecule has 146 valence electrons. The standard InChI is InChI=1S/C19H16Cl2N2O4S/c20-9-5-6-10(14(21)7-9)13-8-28-18(15(13)16(22)24)23-17(25)11-3-1-2-4-12(11)19(26)27/h1-2,5-8,11-12H,3-4H2,(H2,22,24)(H,23,25)(H,26,27)/t11-,12-/m0/s1. The van der Waals surface area contributed by atoms with Gasteiger partial charge in [-0.3, -0.25) is 14.4 Å². The van der Waals surface area contributed by atoms with Crippen LogP contribution in [0.5, 0.6) is 0 Å². The third kappa shape index (κ3) is 4.06. The first-order chi connectivity index (χ1) is 13.3. The second-order valence-electron chi connectivity index (χ2n) is 6.33. The molecular formula is C19H16Cl2N2O4S. The lowest BCUT2D eigenvalue weighted by molar-refractivity contribution is -0.146. The second-order valence-corrected chi connectivity index (χ2v) is 8.05. The molecule has 0 radical (unpaired) electrons. The van der Waals surface area contributed by atoms with Crippen molar-refractivity contribution in [3.8, 4) is 11.1 Å². The van der Waals surface area contributed by atoms with E-state index < -0.39 is 29.6 Å². The smallest absolute Gasteiger partial charge is 0.307 e. The zero-order valence-electron chi connectivity index (χ0n) is 14.4. The van der Waals surface area contributed by atoms with Crippen LogP contribution in [0.25, 0.3) is 11.1 Å². The minimum Gasteiger partial charge on any atom is -0.481 e. The summed E-state index contributed by atoms with van der Waals surface area (Å²) < 4.78 is 0. The topological polar surface area (TPSA) is 109 Å². The van der Waals surface area contributed by atoms with E-state index in [2.05, 4.69) is 5.32 Å². The summed E-state index contributed by atoms with van der Waals surface area (Å²) in [6, 6.07) is 4.84. The number of nitrogens with two attached hydrogens (primary N) is 1. The molecule has 0 bridgehead atoms. The number of halogens is 2. The van der Waals surface area contributed by atoms with Crippen molar-refractivity contribution >= 4 is 57.3 Å². The van der Waals surface area contributed by atoms with Crippen molar-refractivity contribution in [1.82, 2.24) is 0 Å². The van der Waals surface area contributed by atoms with E-state index in [1.165, 1.54) is 0 Å². The fourth-order valence-corrected chi connectivity index (χ4v) is 4.66. The van der Waals surface area contributed by atoms with Crippen molar-refractivity contribution in [2.75, 3.05) is 5.32 Å². The molecule has 0 saturated carbocycles. The van der Waals surface area contributed by atoms with Gasteiger partial charge >= 0.3 is 5.97 Å². The SMILES string of the molecule is NC(=O)c1c(-c2ccc(Cl)cc2Cl)csc1NC(=O)[C@H]1CC=CC[C@@H]1C(=O)O. The Morgan fingerprint density at radius 2 is 1.79 bits per heavy atom. The third-order valence-electron chi connectivity index (χ3n) is 4.58. The van der Waals surface area contributed by atoms with Gasteiger partial charge in [-0.25, -0.2) is 0 Å². The molecular weight excluding hydrogens is 423 g/mol. The van der Waals surface area contributed by atoms with E-state index >= 15 is 0 Å². The summed E-state index contributed by atoms with van der Waals surface area (Å²) in [4.78, 5) is 36.2. The van der Waals surface area contributed by atoms with Crippen molar-refractivity contribution in [3.05, 3.63) is 51.3 Å². The number of carbonyl (C=O) groups is 3. The number of primary amides is 1. The van der Waals surface area contributed by atoms with Gasteiger partial charge < -0.3 is 16.2 Å². The van der Waals surface area contributed by atoms with Gasteiger partial charge in [0.25, 0.3) is 5.91 Å². The normalized spacial score (nSPS) is 18.6. The maximum atomic E-state index is 12.7. The molecule has 9 heteroatoms. The number of carbonyl (C=O) groups excluding carboxylic acids is 2. The molecule has 1 heterocycles. The van der Waals surface area contributed by atoms with Crippen molar-refractivity contribution in [2.45, 2.75) is 12.8 Å². The molecule has 2 aromatic rings. The van der Waals surface area contributed by atoms with Crippen molar-refractivity contribution in [3.63, 3.8) is 0 Å². The lowest BCUT2D eigenvalue weighted by Gasteiger charge is -2.24. The van der Waals surface area contributed by atoms with Gasteiger partial charge in [0, 0.05) is 26.6 Å². The first-order valence-electron chi connectivity index (χ1n) is 8.35. The molecule has 0 unspecified atom stereocenters. The monoisotopic (exact) mass is 438 g/mol. The van der Waals surface area contributed by atoms with E-state index in [0.717, 1.165) is 11.3 Å². The van der Waals surface area contributed by atoms with Crippen LogP contribution >= 0.6 is 34.5 Å². The van der Waals surface area contributed by atoms with E-state index in [-0.39, 0.29) is 17.0 Å². The average molecular weight is 439 g/mol. The van der Waals surface area contributed by atoms with Crippen LogP contribution in [0.4, 0.5) is 5.00 Å². The molecule has 2 amide bonds. The Morgan fingerprint density at radius 3 is 2.39 bits per heavy atom. The quantitative estimate of drug-likeness (QED) is 0.599. The Hall–Kier alpha value is -2.35. The number of thiophene rings is 1. The highest BCUT2D eigenvalue weighted by Crippen LogP contribution is 2.40. The average Bonchev–Trinajstić information content (AvgIpc) is 3.05. The number of carboxylic acids is 1. The predicted molar refractivity (Wildman–Crippen MR) is 110 cm³/mol. The number of aliphatic carboxylic acids is 1. The molecule has 0 spiro atoms. The molecule has 0 aliphatic heterocycles. The summed E-state index contributed by atoms with van der Waals surface area (Å²) in [7, 11) is 0. The summed E-state index contributed by atoms with van der Waals surface area (Å²) in [5.74, 6) is -3.76. The number of nitrogens with one attached hydrogen (secondary N) is 1. The number of amides is 2. The van der Waals surface area contributed by atoms with Gasteiger partial charge in [-0.15, -0.1) is 11.3 Å². The van der Waals surface area contributed by atoms with Crippen LogP contribution < -0.4 is 11.1 Å². The highest BCUT2D eigenvalue weighted by atomic mass is 35.5. The number of benzene rings is 1. The first-order valence-corrected chi connectivity index (χ1v) is 9.98. The van der Waals surface area contributed by atoms with Crippen LogP contribution in [0.3, 0.4) is 0 Å². The maximum Gasteiger partial charge on any atom is 0.307 e. The summed E-state index contributed by atoms with van der Waals surface area (Å²) in [5, 5.41) is 14.8. The summed E-state index contributed by atoms with van der Waals surface area (Å²) in [5.41, 5.74) is 6.71. The van der Waals surface area contributed by atoms with Gasteiger partial charge in [-0.1, -0.05) is 41.4 Å². The lowest BCUT2D eigenvalue weighted by Crippen LogP contribution is -2.35. The molecule has 28 heavy (non-hydrogen) atoms. The minimum atomic E-state index is -1.03. The van der Waals surface area contributed by atoms with Crippen molar-refractivity contribution in [1.29, 1.82) is 0 Å². The van der Waals surface area contributed by atoms with E-state index in [1.54, 1.807) is 35.7 Å². The summed E-state index contributed by atoms with van der Waals surface area (Å²) in [6.07, 6.45) is 4.14. The molecule has 0 fully saturated rings. The molecule has 2 atom stereocenters. The van der Waals surface area contributed by atoms with Gasteiger partial charge in [0.05, 0.1) is 17.4 Å². The Morgan fingerprint density at radius 1 is 1.11 bits per heavy atom. The molecule has 6 nitrogen and oxygen atoms in total. The fraction of sp³-hybridized carbons (Fsp3) is 0.211. The Labute approximate surface area is 174 Å². The van der Waals surface area contributed by atoms with Crippen LogP contribution in [0.15, 0.2) is 35.7 Å². The Kier molecular flexibility index (Phi) is 6.07. The van der Waals surface area contributed by atoms with Gasteiger partial charge in [0.1, 0.15) is 5.00 Å². The largest absolute Gasteiger partial charge is 0.481 e. The number of hydrogen-bond acceptors (Lipinski definition) is 4. The third-order valence-corrected chi connectivity index (χ3v) is 6.03. The van der Waals surface area contributed by atoms with E-state index in [9.17, 15) is 19.5 Å². The Balaban J connectivity index is 1.94. The molecule has 1 aromatic carbocycles. The highest BCUT2D eigenvalue weighted by Gasteiger charge is 2.34. The molecule has 4 N–H and O–H groups in total. The van der Waals surface area contributed by atoms with Gasteiger partial charge in [0.15, 0.2) is 0 Å². The van der Waals surface area contributed by atoms with Crippen LogP contribution in [0.1, 0.15) is 23.2 Å². The Bertz CT molecular complexity index is 986. The number of hydrogen-bond donors (Lipinski definition) is 3. The van der Waals surface area contributed by atoms with Crippen LogP contribution in [-0.4, -0.2) is 22.9 Å². The zero-order chi connectivity index (χ0) is 20.4. The summed E-state index contributed by atoms with van der Waals surface area (Å²) >= 11 is 13.3. The van der Waals surface area contributed by atoms with Gasteiger partial charge in [0.2, 0.25) is 5.91 Å². The second kappa shape index (κ2) is 8.34. The molecule has 1 aliphatic rings. The van der Waals surface area contributed by atoms with Gasteiger partial charge in [-0.2, -0.15) is 0 Å². The number of rotatable bonds is 5. The van der Waals surface area contributed by atoms with Crippen LogP contribution in [0, 0.1) is 11.8 Å². The van der Waals surface area contributed by atoms with Crippen molar-refractivity contribution in [2.24, 2.45) is 17.6 Å². The van der Waals surface area contributed by atoms with Crippen molar-refractivity contribution < 1.29 is 19.5 Å². The fourth-order valence-electron chi connectivity index (χ4n) is 3.18. The lowest BCUT2D eigenvalue weighted by atomic mass is 9.82. The molecule has 0 saturated heterocycles. The predicted octanol–water partition coefficient (Wildman–Crippen LogP) is 4.43. The summed E-state index contributed by atoms with van der Waals surface area (Å²) in [6.45, 7) is 0. The van der Waals surface area contributed by atoms with Crippen LogP contribution in [0.2, 0.25) is 10.0 Å². The van der Waals surface area contributed by atoms with E-state index in [0.29, 0.717) is 27.6 Å². The molecule has 1 aliphatic carbocycles. The highest BCUT2D eigenvalue weighted by molar-refractivity contribution is 7.15. The zero-order valence-corrected chi connectivity index (χ0v) is 16.8. The van der Waals surface area contributed by atoms with E-state index in [1.807, 2.05) is 0 Å². The van der Waals surface area contributed by atoms with Gasteiger partial charge in [-0.05, 0) is 25.0 Å². The van der Waals surface area contributed by atoms with Crippen LogP contribution in [-0.2, 0) is 9.59 Å². The molecule has 1 aromatic heterocycles. The number of anilines is 1. The number of allylic oxidation sites excluding steroid dienone is 2. The van der Waals surface area contributed by atoms with E-state index in [4.69, 9.17) is 28.9 Å². The maximum absolute atomic E-state index is 12.7. The first kappa shape index (κ1) is 20.4. The number of carboxylic acid groups (broad SMARTS) is 1. The molecule has 3 rings (SSSR count).